The standard InChI is InChI=1S/C22H31N3O4/c1-16-7-5-6-10-19(16)24-20(26)15-29-21(27)17-11-13-25(14-12-17)22(28)23-18-8-3-2-4-9-18/h2-4,8-9,16-17,19H,5-7,10-15H2,1H3,(H,23,28)(H,24,26)/t16-,19+/m0/s1. The second-order valence-electron chi connectivity index (χ2n) is 8.10. The summed E-state index contributed by atoms with van der Waals surface area (Å²) in [5, 5.41) is 5.85. The first-order chi connectivity index (χ1) is 14.0. The zero-order valence-electron chi connectivity index (χ0n) is 17.1. The summed E-state index contributed by atoms with van der Waals surface area (Å²) in [4.78, 5) is 38.4. The Balaban J connectivity index is 1.36. The van der Waals surface area contributed by atoms with Gasteiger partial charge in [0.1, 0.15) is 0 Å². The lowest BCUT2D eigenvalue weighted by Gasteiger charge is -2.31. The Hall–Kier alpha value is -2.57. The van der Waals surface area contributed by atoms with E-state index in [1.807, 2.05) is 30.3 Å². The van der Waals surface area contributed by atoms with Gasteiger partial charge in [0.2, 0.25) is 0 Å². The maximum absolute atomic E-state index is 12.3. The van der Waals surface area contributed by atoms with E-state index < -0.39 is 0 Å². The lowest BCUT2D eigenvalue weighted by molar-refractivity contribution is -0.154. The van der Waals surface area contributed by atoms with Gasteiger partial charge in [-0.05, 0) is 43.7 Å². The van der Waals surface area contributed by atoms with Crippen LogP contribution in [0.2, 0.25) is 0 Å². The summed E-state index contributed by atoms with van der Waals surface area (Å²) in [6.07, 6.45) is 5.55. The lowest BCUT2D eigenvalue weighted by atomic mass is 9.86. The van der Waals surface area contributed by atoms with Crippen molar-refractivity contribution in [1.82, 2.24) is 10.2 Å². The molecule has 2 aliphatic rings. The van der Waals surface area contributed by atoms with Gasteiger partial charge in [-0.25, -0.2) is 4.79 Å². The third-order valence-corrected chi connectivity index (χ3v) is 5.94. The van der Waals surface area contributed by atoms with Gasteiger partial charge in [0.25, 0.3) is 5.91 Å². The maximum atomic E-state index is 12.3. The van der Waals surface area contributed by atoms with Crippen LogP contribution in [0.15, 0.2) is 30.3 Å². The number of rotatable bonds is 5. The Kier molecular flexibility index (Phi) is 7.49. The number of amides is 3. The first kappa shape index (κ1) is 21.1. The van der Waals surface area contributed by atoms with Crippen LogP contribution in [-0.2, 0) is 14.3 Å². The van der Waals surface area contributed by atoms with Gasteiger partial charge >= 0.3 is 12.0 Å². The van der Waals surface area contributed by atoms with Crippen molar-refractivity contribution in [3.63, 3.8) is 0 Å². The second-order valence-corrected chi connectivity index (χ2v) is 8.10. The number of urea groups is 1. The summed E-state index contributed by atoms with van der Waals surface area (Å²) >= 11 is 0. The maximum Gasteiger partial charge on any atom is 0.321 e. The quantitative estimate of drug-likeness (QED) is 0.742. The molecule has 1 aliphatic carbocycles. The molecule has 29 heavy (non-hydrogen) atoms. The molecule has 7 nitrogen and oxygen atoms in total. The number of ether oxygens (including phenoxy) is 1. The van der Waals surface area contributed by atoms with Crippen LogP contribution < -0.4 is 10.6 Å². The highest BCUT2D eigenvalue weighted by atomic mass is 16.5. The van der Waals surface area contributed by atoms with E-state index in [-0.39, 0.29) is 36.5 Å². The van der Waals surface area contributed by atoms with Crippen LogP contribution in [0.1, 0.15) is 45.4 Å². The van der Waals surface area contributed by atoms with E-state index in [0.717, 1.165) is 24.9 Å². The number of anilines is 1. The molecule has 3 amide bonds. The van der Waals surface area contributed by atoms with Crippen molar-refractivity contribution < 1.29 is 19.1 Å². The van der Waals surface area contributed by atoms with Crippen molar-refractivity contribution >= 4 is 23.6 Å². The highest BCUT2D eigenvalue weighted by Gasteiger charge is 2.29. The minimum atomic E-state index is -0.347. The number of likely N-dealkylation sites (tertiary alicyclic amines) is 1. The molecule has 3 rings (SSSR count). The van der Waals surface area contributed by atoms with Crippen molar-refractivity contribution in [1.29, 1.82) is 0 Å². The summed E-state index contributed by atoms with van der Waals surface area (Å²) in [6, 6.07) is 9.31. The molecule has 2 atom stereocenters. The SMILES string of the molecule is C[C@H]1CCCC[C@H]1NC(=O)COC(=O)C1CCN(C(=O)Nc2ccccc2)CC1. The molecule has 1 aromatic carbocycles. The molecule has 2 N–H and O–H groups in total. The Bertz CT molecular complexity index is 701. The van der Waals surface area contributed by atoms with Gasteiger partial charge in [-0.1, -0.05) is 38.0 Å². The predicted octanol–water partition coefficient (Wildman–Crippen LogP) is 3.17. The number of carbonyl (C=O) groups is 3. The lowest BCUT2D eigenvalue weighted by Crippen LogP contribution is -2.44. The molecule has 7 heteroatoms. The third kappa shape index (κ3) is 6.21. The number of esters is 1. The Morgan fingerprint density at radius 1 is 1.03 bits per heavy atom. The first-order valence-corrected chi connectivity index (χ1v) is 10.6. The number of nitrogens with zero attached hydrogens (tertiary/aromatic N) is 1. The zero-order valence-corrected chi connectivity index (χ0v) is 17.1. The van der Waals surface area contributed by atoms with E-state index in [4.69, 9.17) is 4.74 Å². The van der Waals surface area contributed by atoms with Gasteiger partial charge in [0.15, 0.2) is 6.61 Å². The number of hydrogen-bond acceptors (Lipinski definition) is 4. The van der Waals surface area contributed by atoms with Crippen LogP contribution in [0.5, 0.6) is 0 Å². The average molecular weight is 402 g/mol. The number of para-hydroxylation sites is 1. The predicted molar refractivity (Wildman–Crippen MR) is 110 cm³/mol. The van der Waals surface area contributed by atoms with Crippen molar-refractivity contribution in [3.05, 3.63) is 30.3 Å². The van der Waals surface area contributed by atoms with Crippen LogP contribution in [-0.4, -0.2) is 48.5 Å². The normalized spacial score (nSPS) is 22.6. The van der Waals surface area contributed by atoms with Crippen LogP contribution in [0, 0.1) is 11.8 Å². The van der Waals surface area contributed by atoms with Crippen LogP contribution in [0.4, 0.5) is 10.5 Å². The van der Waals surface area contributed by atoms with Gasteiger partial charge in [-0.15, -0.1) is 0 Å². The van der Waals surface area contributed by atoms with Crippen molar-refractivity contribution in [2.45, 2.75) is 51.5 Å². The Labute approximate surface area is 172 Å². The molecule has 0 unspecified atom stereocenters. The molecule has 1 saturated carbocycles. The fourth-order valence-electron chi connectivity index (χ4n) is 4.08. The summed E-state index contributed by atoms with van der Waals surface area (Å²) in [5.41, 5.74) is 0.748. The van der Waals surface area contributed by atoms with E-state index in [1.165, 1.54) is 6.42 Å². The van der Waals surface area contributed by atoms with Crippen molar-refractivity contribution in [2.75, 3.05) is 25.0 Å². The zero-order chi connectivity index (χ0) is 20.6. The van der Waals surface area contributed by atoms with Crippen molar-refractivity contribution in [2.24, 2.45) is 11.8 Å². The largest absolute Gasteiger partial charge is 0.455 e. The molecule has 0 aromatic heterocycles. The molecule has 158 valence electrons. The fraction of sp³-hybridized carbons (Fsp3) is 0.591. The van der Waals surface area contributed by atoms with Gasteiger partial charge in [0, 0.05) is 24.8 Å². The molecule has 1 heterocycles. The van der Waals surface area contributed by atoms with Gasteiger partial charge in [-0.2, -0.15) is 0 Å². The molecule has 1 saturated heterocycles. The van der Waals surface area contributed by atoms with Crippen LogP contribution in [0.3, 0.4) is 0 Å². The Morgan fingerprint density at radius 3 is 2.41 bits per heavy atom. The highest BCUT2D eigenvalue weighted by molar-refractivity contribution is 5.89. The molecule has 1 aliphatic heterocycles. The van der Waals surface area contributed by atoms with E-state index in [0.29, 0.717) is 31.8 Å². The fourth-order valence-corrected chi connectivity index (χ4v) is 4.08. The number of benzene rings is 1. The molecule has 0 bridgehead atoms. The number of hydrogen-bond donors (Lipinski definition) is 2. The minimum Gasteiger partial charge on any atom is -0.455 e. The number of piperidine rings is 1. The van der Waals surface area contributed by atoms with Gasteiger partial charge in [0.05, 0.1) is 5.92 Å². The topological polar surface area (TPSA) is 87.7 Å². The minimum absolute atomic E-state index is 0.163. The van der Waals surface area contributed by atoms with Crippen molar-refractivity contribution in [3.8, 4) is 0 Å². The molecule has 2 fully saturated rings. The molecule has 0 radical (unpaired) electrons. The molecule has 0 spiro atoms. The molecular formula is C22H31N3O4. The monoisotopic (exact) mass is 401 g/mol. The molecule has 1 aromatic rings. The summed E-state index contributed by atoms with van der Waals surface area (Å²) in [7, 11) is 0. The highest BCUT2D eigenvalue weighted by Crippen LogP contribution is 2.24. The number of nitrogens with one attached hydrogen (secondary N) is 2. The van der Waals surface area contributed by atoms with E-state index >= 15 is 0 Å². The smallest absolute Gasteiger partial charge is 0.321 e. The van der Waals surface area contributed by atoms with E-state index in [2.05, 4.69) is 17.6 Å². The number of carbonyl (C=O) groups excluding carboxylic acids is 3. The van der Waals surface area contributed by atoms with Gasteiger partial charge in [-0.3, -0.25) is 9.59 Å². The summed E-state index contributed by atoms with van der Waals surface area (Å²) in [5.74, 6) is -0.372. The summed E-state index contributed by atoms with van der Waals surface area (Å²) in [6.45, 7) is 2.91. The average Bonchev–Trinajstić information content (AvgIpc) is 2.74. The third-order valence-electron chi connectivity index (χ3n) is 5.94. The van der Waals surface area contributed by atoms with Crippen LogP contribution in [0.25, 0.3) is 0 Å². The van der Waals surface area contributed by atoms with E-state index in [9.17, 15) is 14.4 Å². The van der Waals surface area contributed by atoms with Crippen LogP contribution >= 0.6 is 0 Å². The van der Waals surface area contributed by atoms with E-state index in [1.54, 1.807) is 4.90 Å². The second kappa shape index (κ2) is 10.3. The first-order valence-electron chi connectivity index (χ1n) is 10.6. The summed E-state index contributed by atoms with van der Waals surface area (Å²) < 4.78 is 5.24. The van der Waals surface area contributed by atoms with Gasteiger partial charge < -0.3 is 20.3 Å². The Morgan fingerprint density at radius 2 is 1.72 bits per heavy atom. The molecular weight excluding hydrogens is 370 g/mol.